The van der Waals surface area contributed by atoms with Crippen LogP contribution >= 0.6 is 11.3 Å². The van der Waals surface area contributed by atoms with Crippen LogP contribution in [-0.4, -0.2) is 42.8 Å². The summed E-state index contributed by atoms with van der Waals surface area (Å²) in [6.45, 7) is 1.75. The van der Waals surface area contributed by atoms with Crippen molar-refractivity contribution in [3.63, 3.8) is 0 Å². The van der Waals surface area contributed by atoms with E-state index in [1.165, 1.54) is 12.1 Å². The van der Waals surface area contributed by atoms with E-state index in [9.17, 15) is 8.42 Å². The Kier molecular flexibility index (Phi) is 6.38. The molecule has 0 amide bonds. The Bertz CT molecular complexity index is 1370. The number of anilines is 3. The molecule has 33 heavy (non-hydrogen) atoms. The molecule has 4 rings (SSSR count). The fourth-order valence-corrected chi connectivity index (χ4v) is 4.76. The van der Waals surface area contributed by atoms with Gasteiger partial charge in [-0.3, -0.25) is 4.72 Å². The van der Waals surface area contributed by atoms with E-state index in [4.69, 9.17) is 9.47 Å². The molecule has 10 nitrogen and oxygen atoms in total. The Labute approximate surface area is 194 Å². The maximum atomic E-state index is 12.5. The van der Waals surface area contributed by atoms with E-state index in [2.05, 4.69) is 30.2 Å². The third kappa shape index (κ3) is 5.18. The van der Waals surface area contributed by atoms with Crippen molar-refractivity contribution in [2.75, 3.05) is 24.3 Å². The van der Waals surface area contributed by atoms with Crippen LogP contribution < -0.4 is 19.5 Å². The molecule has 0 aliphatic carbocycles. The molecule has 2 aromatic carbocycles. The van der Waals surface area contributed by atoms with Gasteiger partial charge in [0.25, 0.3) is 10.0 Å². The largest absolute Gasteiger partial charge is 0.497 e. The zero-order valence-corrected chi connectivity index (χ0v) is 19.6. The monoisotopic (exact) mass is 484 g/mol. The van der Waals surface area contributed by atoms with E-state index in [-0.39, 0.29) is 10.0 Å². The summed E-state index contributed by atoms with van der Waals surface area (Å²) >= 11 is 1.16. The summed E-state index contributed by atoms with van der Waals surface area (Å²) in [7, 11) is -0.604. The highest BCUT2D eigenvalue weighted by Crippen LogP contribution is 2.32. The van der Waals surface area contributed by atoms with Crippen molar-refractivity contribution in [1.82, 2.24) is 20.2 Å². The van der Waals surface area contributed by atoms with Gasteiger partial charge in [0.15, 0.2) is 0 Å². The molecule has 2 N–H and O–H groups in total. The molecule has 2 aromatic heterocycles. The van der Waals surface area contributed by atoms with Crippen molar-refractivity contribution in [2.45, 2.75) is 11.8 Å². The van der Waals surface area contributed by atoms with Gasteiger partial charge < -0.3 is 14.8 Å². The van der Waals surface area contributed by atoms with E-state index in [0.717, 1.165) is 16.9 Å². The molecule has 170 valence electrons. The minimum absolute atomic E-state index is 0.0959. The van der Waals surface area contributed by atoms with Gasteiger partial charge in [-0.25, -0.2) is 18.4 Å². The topological polar surface area (TPSA) is 128 Å². The molecule has 0 spiro atoms. The fourth-order valence-electron chi connectivity index (χ4n) is 2.94. The first-order chi connectivity index (χ1) is 15.9. The molecule has 0 aliphatic heterocycles. The number of sulfonamides is 1. The second-order valence-electron chi connectivity index (χ2n) is 6.71. The first kappa shape index (κ1) is 22.4. The highest BCUT2D eigenvalue weighted by atomic mass is 32.2. The fraction of sp³-hybridized carbons (Fsp3) is 0.143. The average molecular weight is 485 g/mol. The number of hydrogen-bond donors (Lipinski definition) is 2. The van der Waals surface area contributed by atoms with Crippen molar-refractivity contribution in [1.29, 1.82) is 0 Å². The van der Waals surface area contributed by atoms with Gasteiger partial charge in [-0.2, -0.15) is 0 Å². The van der Waals surface area contributed by atoms with E-state index >= 15 is 0 Å². The van der Waals surface area contributed by atoms with E-state index in [0.29, 0.717) is 33.8 Å². The van der Waals surface area contributed by atoms with Crippen LogP contribution in [-0.2, 0) is 10.0 Å². The van der Waals surface area contributed by atoms with Crippen LogP contribution in [0.25, 0.3) is 11.3 Å². The zero-order valence-electron chi connectivity index (χ0n) is 17.9. The quantitative estimate of drug-likeness (QED) is 0.383. The van der Waals surface area contributed by atoms with Gasteiger partial charge in [0.2, 0.25) is 11.1 Å². The molecular weight excluding hydrogens is 464 g/mol. The molecule has 0 bridgehead atoms. The molecule has 12 heteroatoms. The number of nitrogens with zero attached hydrogens (tertiary/aromatic N) is 4. The molecule has 0 radical (unpaired) electrons. The Hall–Kier alpha value is -3.77. The van der Waals surface area contributed by atoms with Gasteiger partial charge in [-0.05, 0) is 49.4 Å². The second kappa shape index (κ2) is 9.38. The molecule has 0 saturated carbocycles. The van der Waals surface area contributed by atoms with Crippen LogP contribution in [0.15, 0.2) is 59.6 Å². The van der Waals surface area contributed by atoms with E-state index in [1.54, 1.807) is 51.6 Å². The van der Waals surface area contributed by atoms with Crippen molar-refractivity contribution in [3.8, 4) is 22.8 Å². The number of nitrogens with one attached hydrogen (secondary N) is 2. The van der Waals surface area contributed by atoms with Crippen LogP contribution in [0, 0.1) is 6.92 Å². The third-order valence-electron chi connectivity index (χ3n) is 4.51. The lowest BCUT2D eigenvalue weighted by atomic mass is 10.1. The summed E-state index contributed by atoms with van der Waals surface area (Å²) in [5.41, 5.74) is 2.06. The van der Waals surface area contributed by atoms with Crippen molar-refractivity contribution >= 4 is 38.1 Å². The molecule has 0 aliphatic rings. The summed E-state index contributed by atoms with van der Waals surface area (Å²) in [6.07, 6.45) is 1.63. The van der Waals surface area contributed by atoms with Gasteiger partial charge in [0, 0.05) is 23.5 Å². The highest BCUT2D eigenvalue weighted by Gasteiger charge is 2.16. The molecule has 2 heterocycles. The third-order valence-corrected chi connectivity index (χ3v) is 6.75. The minimum atomic E-state index is -3.77. The number of methoxy groups -OCH3 is 2. The number of aryl methyl sites for hydroxylation is 1. The standard InChI is InChI=1S/C21H20N6O4S2/c1-13-25-26-21(32-13)27-33(28,29)16-7-4-14(5-8-16)23-20-22-11-10-18(24-20)17-9-6-15(30-2)12-19(17)31-3/h4-12H,1-3H3,(H,26,27)(H,22,23,24). The van der Waals surface area contributed by atoms with Crippen LogP contribution in [0.2, 0.25) is 0 Å². The number of rotatable bonds is 8. The predicted octanol–water partition coefficient (Wildman–Crippen LogP) is 3.87. The Balaban J connectivity index is 1.52. The Morgan fingerprint density at radius 1 is 0.970 bits per heavy atom. The smallest absolute Gasteiger partial charge is 0.263 e. The first-order valence-electron chi connectivity index (χ1n) is 9.63. The van der Waals surface area contributed by atoms with Crippen molar-refractivity contribution < 1.29 is 17.9 Å². The molecule has 4 aromatic rings. The zero-order chi connectivity index (χ0) is 23.4. The maximum absolute atomic E-state index is 12.5. The van der Waals surface area contributed by atoms with E-state index in [1.807, 2.05) is 12.1 Å². The van der Waals surface area contributed by atoms with Crippen LogP contribution in [0.3, 0.4) is 0 Å². The normalized spacial score (nSPS) is 11.1. The summed E-state index contributed by atoms with van der Waals surface area (Å²) in [4.78, 5) is 8.89. The molecule has 0 atom stereocenters. The van der Waals surface area contributed by atoms with Crippen LogP contribution in [0.1, 0.15) is 5.01 Å². The first-order valence-corrected chi connectivity index (χ1v) is 11.9. The van der Waals surface area contributed by atoms with Crippen molar-refractivity contribution in [3.05, 3.63) is 59.7 Å². The summed E-state index contributed by atoms with van der Waals surface area (Å²) in [6, 6.07) is 13.4. The number of benzene rings is 2. The lowest BCUT2D eigenvalue weighted by Crippen LogP contribution is -2.12. The Morgan fingerprint density at radius 3 is 2.42 bits per heavy atom. The van der Waals surface area contributed by atoms with Crippen molar-refractivity contribution in [2.24, 2.45) is 0 Å². The second-order valence-corrected chi connectivity index (χ2v) is 9.58. The molecule has 0 fully saturated rings. The van der Waals surface area contributed by atoms with Crippen LogP contribution in [0.5, 0.6) is 11.5 Å². The highest BCUT2D eigenvalue weighted by molar-refractivity contribution is 7.93. The summed E-state index contributed by atoms with van der Waals surface area (Å²) in [5, 5.41) is 11.6. The number of aromatic nitrogens is 4. The Morgan fingerprint density at radius 2 is 1.76 bits per heavy atom. The summed E-state index contributed by atoms with van der Waals surface area (Å²) in [5.74, 6) is 1.64. The molecular formula is C21H20N6O4S2. The van der Waals surface area contributed by atoms with Gasteiger partial charge in [-0.15, -0.1) is 10.2 Å². The van der Waals surface area contributed by atoms with Gasteiger partial charge in [-0.1, -0.05) is 11.3 Å². The lowest BCUT2D eigenvalue weighted by molar-refractivity contribution is 0.395. The molecule has 0 unspecified atom stereocenters. The predicted molar refractivity (Wildman–Crippen MR) is 126 cm³/mol. The number of hydrogen-bond acceptors (Lipinski definition) is 10. The molecule has 0 saturated heterocycles. The summed E-state index contributed by atoms with van der Waals surface area (Å²) < 4.78 is 38.2. The maximum Gasteiger partial charge on any atom is 0.263 e. The number of ether oxygens (including phenoxy) is 2. The van der Waals surface area contributed by atoms with Gasteiger partial charge in [0.05, 0.1) is 24.8 Å². The van der Waals surface area contributed by atoms with Crippen LogP contribution in [0.4, 0.5) is 16.8 Å². The SMILES string of the molecule is COc1ccc(-c2ccnc(Nc3ccc(S(=O)(=O)Nc4nnc(C)s4)cc3)n2)c(OC)c1. The van der Waals surface area contributed by atoms with E-state index < -0.39 is 10.0 Å². The average Bonchev–Trinajstić information content (AvgIpc) is 3.22. The van der Waals surface area contributed by atoms with Gasteiger partial charge in [0.1, 0.15) is 16.5 Å². The lowest BCUT2D eigenvalue weighted by Gasteiger charge is -2.11. The van der Waals surface area contributed by atoms with Gasteiger partial charge >= 0.3 is 0 Å². The minimum Gasteiger partial charge on any atom is -0.497 e.